The molecule has 1 fully saturated rings. The van der Waals surface area contributed by atoms with E-state index in [1.807, 2.05) is 31.6 Å². The first kappa shape index (κ1) is 21.4. The summed E-state index contributed by atoms with van der Waals surface area (Å²) in [6.07, 6.45) is 1.75. The third kappa shape index (κ3) is 4.65. The Balaban J connectivity index is 1.78. The van der Waals surface area contributed by atoms with Gasteiger partial charge < -0.3 is 10.2 Å². The lowest BCUT2D eigenvalue weighted by Gasteiger charge is -2.23. The molecule has 0 radical (unpaired) electrons. The maximum Gasteiger partial charge on any atom is 0.252 e. The van der Waals surface area contributed by atoms with E-state index < -0.39 is 10.0 Å². The molecule has 0 aliphatic carbocycles. The van der Waals surface area contributed by atoms with Crippen molar-refractivity contribution in [3.05, 3.63) is 50.6 Å². The first-order valence-electron chi connectivity index (χ1n) is 9.08. The fourth-order valence-corrected chi connectivity index (χ4v) is 6.11. The topological polar surface area (TPSA) is 69.7 Å². The molecule has 6 nitrogen and oxygen atoms in total. The summed E-state index contributed by atoms with van der Waals surface area (Å²) in [5.41, 5.74) is 0.323. The van der Waals surface area contributed by atoms with Crippen molar-refractivity contribution in [2.24, 2.45) is 0 Å². The van der Waals surface area contributed by atoms with Gasteiger partial charge in [0.05, 0.1) is 16.5 Å². The summed E-state index contributed by atoms with van der Waals surface area (Å²) in [6.45, 7) is 1.50. The molecule has 0 bridgehead atoms. The summed E-state index contributed by atoms with van der Waals surface area (Å²) in [4.78, 5) is 16.2. The lowest BCUT2D eigenvalue weighted by atomic mass is 10.2. The first-order valence-corrected chi connectivity index (χ1v) is 12.2. The molecule has 1 aliphatic heterocycles. The van der Waals surface area contributed by atoms with Gasteiger partial charge in [-0.2, -0.15) is 4.31 Å². The quantitative estimate of drug-likeness (QED) is 0.652. The van der Waals surface area contributed by atoms with Gasteiger partial charge in [0.15, 0.2) is 0 Å². The number of carbonyl (C=O) groups is 1. The van der Waals surface area contributed by atoms with E-state index in [4.69, 9.17) is 0 Å². The number of hydrogen-bond donors (Lipinski definition) is 1. The van der Waals surface area contributed by atoms with Gasteiger partial charge in [-0.25, -0.2) is 8.42 Å². The number of nitrogens with one attached hydrogen (secondary N) is 1. The van der Waals surface area contributed by atoms with Crippen LogP contribution in [0.25, 0.3) is 0 Å². The minimum atomic E-state index is -3.57. The van der Waals surface area contributed by atoms with Crippen LogP contribution in [0.1, 0.15) is 34.1 Å². The molecule has 152 valence electrons. The molecule has 1 aromatic carbocycles. The molecule has 1 aromatic heterocycles. The molecule has 2 heterocycles. The summed E-state index contributed by atoms with van der Waals surface area (Å²) in [7, 11) is 0.370. The Labute approximate surface area is 178 Å². The van der Waals surface area contributed by atoms with E-state index in [1.54, 1.807) is 23.5 Å². The SMILES string of the molecule is CN(C)C(CNC(=O)c1cc(S(=O)(=O)N2CCCC2)ccc1Br)c1cccs1. The number of nitrogens with zero attached hydrogens (tertiary/aromatic N) is 2. The van der Waals surface area contributed by atoms with E-state index in [2.05, 4.69) is 26.1 Å². The van der Waals surface area contributed by atoms with Gasteiger partial charge in [-0.3, -0.25) is 4.79 Å². The standard InChI is InChI=1S/C19H24BrN3O3S2/c1-22(2)17(18-6-5-11-27-18)13-21-19(24)15-12-14(7-8-16(15)20)28(25,26)23-9-3-4-10-23/h5-8,11-12,17H,3-4,9-10,13H2,1-2H3,(H,21,24). The number of halogens is 1. The number of thiophene rings is 1. The van der Waals surface area contributed by atoms with Crippen LogP contribution < -0.4 is 5.32 Å². The Morgan fingerprint density at radius 2 is 2.00 bits per heavy atom. The molecule has 0 saturated carbocycles. The van der Waals surface area contributed by atoms with Crippen LogP contribution in [0.4, 0.5) is 0 Å². The Kier molecular flexibility index (Phi) is 6.93. The van der Waals surface area contributed by atoms with Gasteiger partial charge in [0.25, 0.3) is 5.91 Å². The highest BCUT2D eigenvalue weighted by Crippen LogP contribution is 2.26. The minimum Gasteiger partial charge on any atom is -0.350 e. The van der Waals surface area contributed by atoms with E-state index >= 15 is 0 Å². The molecule has 28 heavy (non-hydrogen) atoms. The van der Waals surface area contributed by atoms with Gasteiger partial charge in [0.1, 0.15) is 0 Å². The number of rotatable bonds is 7. The number of amides is 1. The normalized spacial score (nSPS) is 16.4. The monoisotopic (exact) mass is 485 g/mol. The highest BCUT2D eigenvalue weighted by Gasteiger charge is 2.28. The van der Waals surface area contributed by atoms with Crippen LogP contribution in [0.2, 0.25) is 0 Å². The number of benzene rings is 1. The maximum atomic E-state index is 12.8. The van der Waals surface area contributed by atoms with Gasteiger partial charge in [-0.1, -0.05) is 6.07 Å². The predicted octanol–water partition coefficient (Wildman–Crippen LogP) is 3.33. The van der Waals surface area contributed by atoms with Crippen molar-refractivity contribution in [1.29, 1.82) is 0 Å². The van der Waals surface area contributed by atoms with Crippen LogP contribution >= 0.6 is 27.3 Å². The van der Waals surface area contributed by atoms with Gasteiger partial charge in [0.2, 0.25) is 10.0 Å². The van der Waals surface area contributed by atoms with E-state index in [0.29, 0.717) is 29.7 Å². The number of sulfonamides is 1. The summed E-state index contributed by atoms with van der Waals surface area (Å²) in [5, 5.41) is 4.96. The zero-order chi connectivity index (χ0) is 20.3. The fraction of sp³-hybridized carbons (Fsp3) is 0.421. The van der Waals surface area contributed by atoms with Crippen LogP contribution in [0.3, 0.4) is 0 Å². The summed E-state index contributed by atoms with van der Waals surface area (Å²) < 4.78 is 27.7. The molecule has 1 amide bonds. The average molecular weight is 486 g/mol. The van der Waals surface area contributed by atoms with Crippen molar-refractivity contribution < 1.29 is 13.2 Å². The molecule has 1 saturated heterocycles. The van der Waals surface area contributed by atoms with Gasteiger partial charge in [-0.05, 0) is 72.5 Å². The van der Waals surface area contributed by atoms with Crippen molar-refractivity contribution >= 4 is 43.2 Å². The second-order valence-electron chi connectivity index (χ2n) is 6.96. The molecule has 1 atom stereocenters. The van der Waals surface area contributed by atoms with Gasteiger partial charge >= 0.3 is 0 Å². The number of likely N-dealkylation sites (N-methyl/N-ethyl adjacent to an activating group) is 1. The van der Waals surface area contributed by atoms with Crippen LogP contribution in [-0.4, -0.2) is 57.3 Å². The van der Waals surface area contributed by atoms with E-state index in [-0.39, 0.29) is 16.8 Å². The molecule has 2 aromatic rings. The molecule has 1 unspecified atom stereocenters. The maximum absolute atomic E-state index is 12.8. The Bertz CT molecular complexity index is 924. The van der Waals surface area contributed by atoms with Crippen molar-refractivity contribution in [3.63, 3.8) is 0 Å². The van der Waals surface area contributed by atoms with Crippen molar-refractivity contribution in [3.8, 4) is 0 Å². The van der Waals surface area contributed by atoms with E-state index in [1.165, 1.54) is 10.4 Å². The lowest BCUT2D eigenvalue weighted by molar-refractivity contribution is 0.0941. The van der Waals surface area contributed by atoms with Crippen LogP contribution in [0, 0.1) is 0 Å². The third-order valence-electron chi connectivity index (χ3n) is 4.84. The molecular weight excluding hydrogens is 462 g/mol. The van der Waals surface area contributed by atoms with Crippen LogP contribution in [0.5, 0.6) is 0 Å². The van der Waals surface area contributed by atoms with Crippen LogP contribution in [-0.2, 0) is 10.0 Å². The number of hydrogen-bond acceptors (Lipinski definition) is 5. The molecule has 0 spiro atoms. The van der Waals surface area contributed by atoms with Crippen molar-refractivity contribution in [1.82, 2.24) is 14.5 Å². The predicted molar refractivity (Wildman–Crippen MR) is 115 cm³/mol. The summed E-state index contributed by atoms with van der Waals surface area (Å²) in [5.74, 6) is -0.297. The largest absolute Gasteiger partial charge is 0.350 e. The Morgan fingerprint density at radius 1 is 1.29 bits per heavy atom. The second-order valence-corrected chi connectivity index (χ2v) is 10.7. The summed E-state index contributed by atoms with van der Waals surface area (Å²) in [6, 6.07) is 8.72. The Morgan fingerprint density at radius 3 is 2.61 bits per heavy atom. The van der Waals surface area contributed by atoms with Crippen molar-refractivity contribution in [2.45, 2.75) is 23.8 Å². The van der Waals surface area contributed by atoms with E-state index in [0.717, 1.165) is 17.7 Å². The second kappa shape index (κ2) is 9.04. The third-order valence-corrected chi connectivity index (χ3v) is 8.40. The Hall–Kier alpha value is -1.26. The molecular formula is C19H24BrN3O3S2. The lowest BCUT2D eigenvalue weighted by Crippen LogP contribution is -2.34. The summed E-state index contributed by atoms with van der Waals surface area (Å²) >= 11 is 5.02. The molecule has 9 heteroatoms. The highest BCUT2D eigenvalue weighted by atomic mass is 79.9. The fourth-order valence-electron chi connectivity index (χ4n) is 3.22. The smallest absolute Gasteiger partial charge is 0.252 e. The molecule has 3 rings (SSSR count). The van der Waals surface area contributed by atoms with Gasteiger partial charge in [-0.15, -0.1) is 11.3 Å². The number of carbonyl (C=O) groups excluding carboxylic acids is 1. The minimum absolute atomic E-state index is 0.0549. The highest BCUT2D eigenvalue weighted by molar-refractivity contribution is 9.10. The van der Waals surface area contributed by atoms with E-state index in [9.17, 15) is 13.2 Å². The van der Waals surface area contributed by atoms with Gasteiger partial charge in [0, 0.05) is 29.0 Å². The van der Waals surface area contributed by atoms with Crippen LogP contribution in [0.15, 0.2) is 45.1 Å². The van der Waals surface area contributed by atoms with Crippen molar-refractivity contribution in [2.75, 3.05) is 33.7 Å². The zero-order valence-electron chi connectivity index (χ0n) is 15.9. The molecule has 1 N–H and O–H groups in total. The zero-order valence-corrected chi connectivity index (χ0v) is 19.1. The molecule has 1 aliphatic rings. The first-order chi connectivity index (χ1) is 13.3. The average Bonchev–Trinajstić information content (AvgIpc) is 3.36.